The number of hydrogen-bond acceptors (Lipinski definition) is 7. The van der Waals surface area contributed by atoms with E-state index in [1.807, 2.05) is 4.90 Å². The number of likely N-dealkylation sites (tertiary alicyclic amines) is 1. The van der Waals surface area contributed by atoms with Gasteiger partial charge >= 0.3 is 0 Å². The van der Waals surface area contributed by atoms with Crippen molar-refractivity contribution in [1.29, 1.82) is 0 Å². The van der Waals surface area contributed by atoms with Gasteiger partial charge in [-0.25, -0.2) is 0 Å². The molecule has 1 saturated heterocycles. The van der Waals surface area contributed by atoms with Gasteiger partial charge in [-0.1, -0.05) is 5.16 Å². The first-order valence-electron chi connectivity index (χ1n) is 10.0. The standard InChI is InChI=1S/C21H27N3O5/c1-26-16-9-8-15(18(27-2)19(16)28-3)21(25)24-10-4-5-13(12-24)11-17-22-20(23-29-17)14-6-7-14/h8-9,13-14H,4-7,10-12H2,1-3H3. The van der Waals surface area contributed by atoms with Crippen molar-refractivity contribution in [3.8, 4) is 17.2 Å². The van der Waals surface area contributed by atoms with E-state index >= 15 is 0 Å². The topological polar surface area (TPSA) is 86.9 Å². The summed E-state index contributed by atoms with van der Waals surface area (Å²) in [6.45, 7) is 1.36. The molecule has 0 bridgehead atoms. The molecule has 0 radical (unpaired) electrons. The number of ether oxygens (including phenoxy) is 3. The molecule has 2 aliphatic rings. The third kappa shape index (κ3) is 4.02. The second kappa shape index (κ2) is 8.31. The Balaban J connectivity index is 1.48. The average Bonchev–Trinajstić information content (AvgIpc) is 3.51. The van der Waals surface area contributed by atoms with Crippen LogP contribution in [0.5, 0.6) is 17.2 Å². The van der Waals surface area contributed by atoms with Crippen molar-refractivity contribution < 1.29 is 23.5 Å². The number of nitrogens with zero attached hydrogens (tertiary/aromatic N) is 3. The van der Waals surface area contributed by atoms with Crippen molar-refractivity contribution in [2.45, 2.75) is 38.0 Å². The first-order valence-corrected chi connectivity index (χ1v) is 10.0. The Labute approximate surface area is 170 Å². The smallest absolute Gasteiger partial charge is 0.257 e. The Morgan fingerprint density at radius 2 is 1.93 bits per heavy atom. The molecular weight excluding hydrogens is 374 g/mol. The molecule has 1 aliphatic heterocycles. The van der Waals surface area contributed by atoms with Gasteiger partial charge in [0.25, 0.3) is 5.91 Å². The number of rotatable bonds is 7. The average molecular weight is 401 g/mol. The van der Waals surface area contributed by atoms with E-state index in [0.717, 1.165) is 31.5 Å². The molecule has 8 nitrogen and oxygen atoms in total. The second-order valence-corrected chi connectivity index (χ2v) is 7.67. The maximum Gasteiger partial charge on any atom is 0.257 e. The molecule has 8 heteroatoms. The number of methoxy groups -OCH3 is 3. The molecule has 1 unspecified atom stereocenters. The third-order valence-electron chi connectivity index (χ3n) is 5.63. The van der Waals surface area contributed by atoms with Gasteiger partial charge in [0.15, 0.2) is 17.3 Å². The van der Waals surface area contributed by atoms with Crippen molar-refractivity contribution >= 4 is 5.91 Å². The van der Waals surface area contributed by atoms with Gasteiger partial charge in [0.1, 0.15) is 0 Å². The number of piperidine rings is 1. The van der Waals surface area contributed by atoms with Crippen LogP contribution >= 0.6 is 0 Å². The largest absolute Gasteiger partial charge is 0.493 e. The summed E-state index contributed by atoms with van der Waals surface area (Å²) in [6.07, 6.45) is 4.98. The number of carbonyl (C=O) groups excluding carboxylic acids is 1. The maximum atomic E-state index is 13.2. The summed E-state index contributed by atoms with van der Waals surface area (Å²) in [5, 5.41) is 4.09. The van der Waals surface area contributed by atoms with Crippen LogP contribution in [0.25, 0.3) is 0 Å². The number of benzene rings is 1. The van der Waals surface area contributed by atoms with Gasteiger partial charge in [0.05, 0.1) is 26.9 Å². The monoisotopic (exact) mass is 401 g/mol. The summed E-state index contributed by atoms with van der Waals surface area (Å²) in [7, 11) is 4.62. The minimum atomic E-state index is -0.0725. The fraction of sp³-hybridized carbons (Fsp3) is 0.571. The molecule has 0 N–H and O–H groups in total. The molecule has 1 aromatic heterocycles. The van der Waals surface area contributed by atoms with E-state index in [0.29, 0.717) is 60.0 Å². The first-order chi connectivity index (χ1) is 14.1. The fourth-order valence-electron chi connectivity index (χ4n) is 3.96. The van der Waals surface area contributed by atoms with Crippen molar-refractivity contribution in [1.82, 2.24) is 15.0 Å². The summed E-state index contributed by atoms with van der Waals surface area (Å²) in [5.41, 5.74) is 0.472. The molecule has 1 atom stereocenters. The van der Waals surface area contributed by atoms with Crippen LogP contribution in [0.3, 0.4) is 0 Å². The molecule has 1 aliphatic carbocycles. The van der Waals surface area contributed by atoms with Crippen LogP contribution in [0, 0.1) is 5.92 Å². The number of amides is 1. The zero-order chi connectivity index (χ0) is 20.4. The lowest BCUT2D eigenvalue weighted by atomic mass is 9.94. The van der Waals surface area contributed by atoms with E-state index < -0.39 is 0 Å². The normalized spacial score (nSPS) is 19.1. The predicted molar refractivity (Wildman–Crippen MR) is 105 cm³/mol. The first kappa shape index (κ1) is 19.5. The van der Waals surface area contributed by atoms with Crippen LogP contribution in [-0.4, -0.2) is 55.4 Å². The number of carbonyl (C=O) groups is 1. The quantitative estimate of drug-likeness (QED) is 0.705. The van der Waals surface area contributed by atoms with E-state index in [2.05, 4.69) is 10.1 Å². The molecule has 1 aromatic carbocycles. The second-order valence-electron chi connectivity index (χ2n) is 7.67. The van der Waals surface area contributed by atoms with Crippen molar-refractivity contribution in [3.05, 3.63) is 29.4 Å². The SMILES string of the molecule is COc1ccc(C(=O)N2CCCC(Cc3nc(C4CC4)no3)C2)c(OC)c1OC. The zero-order valence-corrected chi connectivity index (χ0v) is 17.1. The highest BCUT2D eigenvalue weighted by Crippen LogP contribution is 2.41. The third-order valence-corrected chi connectivity index (χ3v) is 5.63. The van der Waals surface area contributed by atoms with Crippen LogP contribution in [0.4, 0.5) is 0 Å². The summed E-state index contributed by atoms with van der Waals surface area (Å²) >= 11 is 0. The molecule has 2 fully saturated rings. The van der Waals surface area contributed by atoms with Crippen LogP contribution in [0.15, 0.2) is 16.7 Å². The Kier molecular flexibility index (Phi) is 5.60. The molecule has 0 spiro atoms. The number of aromatic nitrogens is 2. The highest BCUT2D eigenvalue weighted by atomic mass is 16.5. The lowest BCUT2D eigenvalue weighted by molar-refractivity contribution is 0.0664. The lowest BCUT2D eigenvalue weighted by Crippen LogP contribution is -2.40. The highest BCUT2D eigenvalue weighted by Gasteiger charge is 2.31. The maximum absolute atomic E-state index is 13.2. The van der Waals surface area contributed by atoms with Gasteiger partial charge in [0.2, 0.25) is 11.6 Å². The molecule has 2 heterocycles. The minimum absolute atomic E-state index is 0.0725. The van der Waals surface area contributed by atoms with Gasteiger partial charge < -0.3 is 23.6 Å². The van der Waals surface area contributed by atoms with E-state index in [-0.39, 0.29) is 5.91 Å². The van der Waals surface area contributed by atoms with E-state index in [1.54, 1.807) is 19.2 Å². The molecule has 29 heavy (non-hydrogen) atoms. The summed E-state index contributed by atoms with van der Waals surface area (Å²) in [5.74, 6) is 3.56. The van der Waals surface area contributed by atoms with Gasteiger partial charge in [0, 0.05) is 25.4 Å². The predicted octanol–water partition coefficient (Wildman–Crippen LogP) is 3.07. The zero-order valence-electron chi connectivity index (χ0n) is 17.1. The Morgan fingerprint density at radius 1 is 1.14 bits per heavy atom. The van der Waals surface area contributed by atoms with Crippen molar-refractivity contribution in [3.63, 3.8) is 0 Å². The Bertz CT molecular complexity index is 877. The van der Waals surface area contributed by atoms with Gasteiger partial charge in [-0.2, -0.15) is 4.98 Å². The molecule has 2 aromatic rings. The summed E-state index contributed by atoms with van der Waals surface area (Å²) in [6, 6.07) is 3.46. The van der Waals surface area contributed by atoms with Crippen LogP contribution in [0.2, 0.25) is 0 Å². The van der Waals surface area contributed by atoms with Crippen LogP contribution < -0.4 is 14.2 Å². The van der Waals surface area contributed by atoms with Crippen LogP contribution in [-0.2, 0) is 6.42 Å². The van der Waals surface area contributed by atoms with E-state index in [9.17, 15) is 4.79 Å². The van der Waals surface area contributed by atoms with Gasteiger partial charge in [-0.3, -0.25) is 4.79 Å². The number of hydrogen-bond donors (Lipinski definition) is 0. The molecule has 4 rings (SSSR count). The minimum Gasteiger partial charge on any atom is -0.493 e. The van der Waals surface area contributed by atoms with Gasteiger partial charge in [-0.05, 0) is 43.7 Å². The Hall–Kier alpha value is -2.77. The molecule has 156 valence electrons. The van der Waals surface area contributed by atoms with E-state index in [1.165, 1.54) is 14.2 Å². The lowest BCUT2D eigenvalue weighted by Gasteiger charge is -2.32. The van der Waals surface area contributed by atoms with E-state index in [4.69, 9.17) is 18.7 Å². The van der Waals surface area contributed by atoms with Crippen LogP contribution in [0.1, 0.15) is 53.7 Å². The molecule has 1 amide bonds. The summed E-state index contributed by atoms with van der Waals surface area (Å²) < 4.78 is 21.6. The van der Waals surface area contributed by atoms with Crippen molar-refractivity contribution in [2.24, 2.45) is 5.92 Å². The fourth-order valence-corrected chi connectivity index (χ4v) is 3.96. The molecule has 1 saturated carbocycles. The van der Waals surface area contributed by atoms with Crippen molar-refractivity contribution in [2.75, 3.05) is 34.4 Å². The highest BCUT2D eigenvalue weighted by molar-refractivity contribution is 5.98. The van der Waals surface area contributed by atoms with Gasteiger partial charge in [-0.15, -0.1) is 0 Å². The summed E-state index contributed by atoms with van der Waals surface area (Å²) in [4.78, 5) is 19.6. The molecular formula is C21H27N3O5. The Morgan fingerprint density at radius 3 is 2.62 bits per heavy atom.